The summed E-state index contributed by atoms with van der Waals surface area (Å²) < 4.78 is 4.96. The van der Waals surface area contributed by atoms with Gasteiger partial charge in [0, 0.05) is 25.0 Å². The number of piperidine rings is 1. The van der Waals surface area contributed by atoms with Crippen LogP contribution in [-0.4, -0.2) is 48.9 Å². The van der Waals surface area contributed by atoms with Gasteiger partial charge in [0.2, 0.25) is 11.8 Å². The first-order chi connectivity index (χ1) is 10.8. The molecular formula is C17H30N2O4. The zero-order valence-corrected chi connectivity index (χ0v) is 14.8. The maximum atomic E-state index is 12.3. The maximum absolute atomic E-state index is 12.3. The van der Waals surface area contributed by atoms with Crippen LogP contribution in [0.4, 0.5) is 0 Å². The minimum atomic E-state index is -0.429. The number of hydrogen-bond acceptors (Lipinski definition) is 4. The molecule has 0 aliphatic carbocycles. The van der Waals surface area contributed by atoms with E-state index in [0.29, 0.717) is 19.7 Å². The SMILES string of the molecule is CCCOC(=O)CCNC(=O)C1CCCN(C(=O)C(C)(C)C)C1. The molecular weight excluding hydrogens is 296 g/mol. The lowest BCUT2D eigenvalue weighted by molar-refractivity contribution is -0.143. The molecule has 1 saturated heterocycles. The van der Waals surface area contributed by atoms with E-state index in [1.165, 1.54) is 0 Å². The van der Waals surface area contributed by atoms with Crippen molar-refractivity contribution in [2.24, 2.45) is 11.3 Å². The quantitative estimate of drug-likeness (QED) is 0.754. The molecule has 1 heterocycles. The first-order valence-electron chi connectivity index (χ1n) is 8.48. The van der Waals surface area contributed by atoms with E-state index in [1.807, 2.05) is 27.7 Å². The molecule has 2 amide bonds. The van der Waals surface area contributed by atoms with E-state index >= 15 is 0 Å². The lowest BCUT2D eigenvalue weighted by Gasteiger charge is -2.35. The number of ether oxygens (including phenoxy) is 1. The molecule has 0 spiro atoms. The van der Waals surface area contributed by atoms with E-state index in [0.717, 1.165) is 19.3 Å². The summed E-state index contributed by atoms with van der Waals surface area (Å²) in [5, 5.41) is 2.78. The van der Waals surface area contributed by atoms with E-state index < -0.39 is 5.41 Å². The monoisotopic (exact) mass is 326 g/mol. The van der Waals surface area contributed by atoms with Gasteiger partial charge in [0.25, 0.3) is 0 Å². The highest BCUT2D eigenvalue weighted by molar-refractivity contribution is 5.84. The fourth-order valence-electron chi connectivity index (χ4n) is 2.57. The normalized spacial score (nSPS) is 18.4. The van der Waals surface area contributed by atoms with Crippen molar-refractivity contribution in [2.75, 3.05) is 26.2 Å². The van der Waals surface area contributed by atoms with Gasteiger partial charge in [-0.15, -0.1) is 0 Å². The minimum absolute atomic E-state index is 0.0816. The van der Waals surface area contributed by atoms with Crippen molar-refractivity contribution in [1.29, 1.82) is 0 Å². The highest BCUT2D eigenvalue weighted by Gasteiger charge is 2.33. The molecule has 23 heavy (non-hydrogen) atoms. The van der Waals surface area contributed by atoms with Crippen LogP contribution in [0.5, 0.6) is 0 Å². The zero-order valence-electron chi connectivity index (χ0n) is 14.8. The minimum Gasteiger partial charge on any atom is -0.466 e. The summed E-state index contributed by atoms with van der Waals surface area (Å²) in [6.07, 6.45) is 2.58. The summed E-state index contributed by atoms with van der Waals surface area (Å²) in [7, 11) is 0. The number of amides is 2. The number of esters is 1. The standard InChI is InChI=1S/C17H30N2O4/c1-5-11-23-14(20)8-9-18-15(21)13-7-6-10-19(12-13)16(22)17(2,3)4/h13H,5-12H2,1-4H3,(H,18,21). The van der Waals surface area contributed by atoms with Gasteiger partial charge in [0.15, 0.2) is 0 Å². The number of hydrogen-bond donors (Lipinski definition) is 1. The number of nitrogens with zero attached hydrogens (tertiary/aromatic N) is 1. The van der Waals surface area contributed by atoms with Gasteiger partial charge in [-0.2, -0.15) is 0 Å². The van der Waals surface area contributed by atoms with Crippen molar-refractivity contribution in [2.45, 2.75) is 53.4 Å². The van der Waals surface area contributed by atoms with Crippen LogP contribution in [-0.2, 0) is 19.1 Å². The van der Waals surface area contributed by atoms with Gasteiger partial charge in [-0.1, -0.05) is 27.7 Å². The molecule has 132 valence electrons. The molecule has 0 radical (unpaired) electrons. The molecule has 0 aromatic heterocycles. The highest BCUT2D eigenvalue weighted by atomic mass is 16.5. The molecule has 1 fully saturated rings. The van der Waals surface area contributed by atoms with Crippen LogP contribution in [0, 0.1) is 11.3 Å². The highest BCUT2D eigenvalue weighted by Crippen LogP contribution is 2.23. The lowest BCUT2D eigenvalue weighted by Crippen LogP contribution is -2.48. The van der Waals surface area contributed by atoms with E-state index in [-0.39, 0.29) is 36.7 Å². The smallest absolute Gasteiger partial charge is 0.307 e. The van der Waals surface area contributed by atoms with E-state index in [2.05, 4.69) is 5.32 Å². The Kier molecular flexibility index (Phi) is 7.52. The molecule has 0 bridgehead atoms. The van der Waals surface area contributed by atoms with Gasteiger partial charge in [-0.25, -0.2) is 0 Å². The van der Waals surface area contributed by atoms with Gasteiger partial charge < -0.3 is 15.0 Å². The molecule has 0 aromatic carbocycles. The maximum Gasteiger partial charge on any atom is 0.307 e. The van der Waals surface area contributed by atoms with Crippen molar-refractivity contribution in [3.05, 3.63) is 0 Å². The fraction of sp³-hybridized carbons (Fsp3) is 0.824. The van der Waals surface area contributed by atoms with Gasteiger partial charge in [-0.05, 0) is 19.3 Å². The molecule has 6 heteroatoms. The second kappa shape index (κ2) is 8.89. The number of nitrogens with one attached hydrogen (secondary N) is 1. The molecule has 1 unspecified atom stereocenters. The van der Waals surface area contributed by atoms with Crippen LogP contribution >= 0.6 is 0 Å². The van der Waals surface area contributed by atoms with Crippen molar-refractivity contribution in [1.82, 2.24) is 10.2 Å². The van der Waals surface area contributed by atoms with Crippen molar-refractivity contribution in [3.63, 3.8) is 0 Å². The average molecular weight is 326 g/mol. The van der Waals surface area contributed by atoms with Gasteiger partial charge >= 0.3 is 5.97 Å². The Morgan fingerprint density at radius 3 is 2.57 bits per heavy atom. The third-order valence-electron chi connectivity index (χ3n) is 3.82. The molecule has 1 aliphatic rings. The largest absolute Gasteiger partial charge is 0.466 e. The second-order valence-corrected chi connectivity index (χ2v) is 7.10. The Hall–Kier alpha value is -1.59. The Balaban J connectivity index is 2.39. The molecule has 1 rings (SSSR count). The molecule has 0 saturated carbocycles. The molecule has 6 nitrogen and oxygen atoms in total. The summed E-state index contributed by atoms with van der Waals surface area (Å²) in [6.45, 7) is 9.47. The third-order valence-corrected chi connectivity index (χ3v) is 3.82. The van der Waals surface area contributed by atoms with Crippen LogP contribution in [0.3, 0.4) is 0 Å². The van der Waals surface area contributed by atoms with Gasteiger partial charge in [0.05, 0.1) is 18.9 Å². The second-order valence-electron chi connectivity index (χ2n) is 7.10. The van der Waals surface area contributed by atoms with E-state index in [1.54, 1.807) is 4.90 Å². The number of carbonyl (C=O) groups excluding carboxylic acids is 3. The predicted molar refractivity (Wildman–Crippen MR) is 87.6 cm³/mol. The van der Waals surface area contributed by atoms with Crippen molar-refractivity contribution < 1.29 is 19.1 Å². The summed E-state index contributed by atoms with van der Waals surface area (Å²) in [5.74, 6) is -0.486. The summed E-state index contributed by atoms with van der Waals surface area (Å²) in [4.78, 5) is 37.7. The number of rotatable bonds is 6. The van der Waals surface area contributed by atoms with Gasteiger partial charge in [-0.3, -0.25) is 14.4 Å². The van der Waals surface area contributed by atoms with Crippen LogP contribution in [0.1, 0.15) is 53.4 Å². The van der Waals surface area contributed by atoms with Crippen molar-refractivity contribution in [3.8, 4) is 0 Å². The fourth-order valence-corrected chi connectivity index (χ4v) is 2.57. The Labute approximate surface area is 138 Å². The first kappa shape index (κ1) is 19.5. The first-order valence-corrected chi connectivity index (χ1v) is 8.48. The average Bonchev–Trinajstić information content (AvgIpc) is 2.51. The van der Waals surface area contributed by atoms with Crippen molar-refractivity contribution >= 4 is 17.8 Å². The van der Waals surface area contributed by atoms with Crippen LogP contribution in [0.25, 0.3) is 0 Å². The molecule has 1 aliphatic heterocycles. The number of likely N-dealkylation sites (tertiary alicyclic amines) is 1. The van der Waals surface area contributed by atoms with Crippen LogP contribution in [0.2, 0.25) is 0 Å². The Morgan fingerprint density at radius 1 is 1.26 bits per heavy atom. The summed E-state index contributed by atoms with van der Waals surface area (Å²) in [5.41, 5.74) is -0.429. The summed E-state index contributed by atoms with van der Waals surface area (Å²) in [6, 6.07) is 0. The lowest BCUT2D eigenvalue weighted by atomic mass is 9.91. The van der Waals surface area contributed by atoms with Crippen LogP contribution in [0.15, 0.2) is 0 Å². The molecule has 0 aromatic rings. The van der Waals surface area contributed by atoms with Gasteiger partial charge in [0.1, 0.15) is 0 Å². The van der Waals surface area contributed by atoms with Crippen LogP contribution < -0.4 is 5.32 Å². The van der Waals surface area contributed by atoms with E-state index in [4.69, 9.17) is 4.74 Å². The van der Waals surface area contributed by atoms with E-state index in [9.17, 15) is 14.4 Å². The molecule has 1 N–H and O–H groups in total. The third kappa shape index (κ3) is 6.59. The predicted octanol–water partition coefficient (Wildman–Crippen LogP) is 1.73. The summed E-state index contributed by atoms with van der Waals surface area (Å²) >= 11 is 0. The number of carbonyl (C=O) groups is 3. The Bertz CT molecular complexity index is 429. The Morgan fingerprint density at radius 2 is 1.96 bits per heavy atom. The topological polar surface area (TPSA) is 75.7 Å². The zero-order chi connectivity index (χ0) is 17.5. The molecule has 1 atom stereocenters.